The third-order valence-corrected chi connectivity index (χ3v) is 6.98. The predicted molar refractivity (Wildman–Crippen MR) is 124 cm³/mol. The normalized spacial score (nSPS) is 27.9. The van der Waals surface area contributed by atoms with Crippen molar-refractivity contribution in [2.75, 3.05) is 31.2 Å². The van der Waals surface area contributed by atoms with E-state index in [0.29, 0.717) is 40.5 Å². The van der Waals surface area contributed by atoms with Gasteiger partial charge in [0.15, 0.2) is 11.8 Å². The van der Waals surface area contributed by atoms with Gasteiger partial charge in [-0.25, -0.2) is 4.98 Å². The van der Waals surface area contributed by atoms with E-state index in [1.165, 1.54) is 5.69 Å². The van der Waals surface area contributed by atoms with Gasteiger partial charge in [-0.1, -0.05) is 23.7 Å². The first-order valence-electron chi connectivity index (χ1n) is 11.3. The Bertz CT molecular complexity index is 1150. The predicted octanol–water partition coefficient (Wildman–Crippen LogP) is 2.11. The SMILES string of the molecule is NC1CCN(c2ccc(-c3nc4nc(O[C@@H]5CO[C@H]6[C@@H]5OC[C@H]6O)[nH]c4cc3Cl)cc2)CC1. The molecule has 0 amide bonds. The molecule has 4 atom stereocenters. The Kier molecular flexibility index (Phi) is 5.38. The standard InChI is InChI=1S/C23H26ClN5O4/c24-15-9-16-22(28-23(26-16)33-18-11-32-20-17(30)10-31-21(18)20)27-19(15)12-1-3-14(4-2-12)29-7-5-13(25)6-8-29/h1-4,9,13,17-18,20-21,30H,5-8,10-11,25H2,(H,26,27,28)/t17-,18-,20-,21-/m1/s1. The van der Waals surface area contributed by atoms with E-state index in [0.717, 1.165) is 31.5 Å². The molecule has 1 aromatic carbocycles. The van der Waals surface area contributed by atoms with Crippen molar-refractivity contribution in [2.24, 2.45) is 5.73 Å². The van der Waals surface area contributed by atoms with Crippen LogP contribution in [0.5, 0.6) is 6.01 Å². The summed E-state index contributed by atoms with van der Waals surface area (Å²) in [6.07, 6.45) is 0.380. The lowest BCUT2D eigenvalue weighted by Gasteiger charge is -2.32. The summed E-state index contributed by atoms with van der Waals surface area (Å²) < 4.78 is 17.2. The summed E-state index contributed by atoms with van der Waals surface area (Å²) in [5.74, 6) is 0. The zero-order valence-electron chi connectivity index (χ0n) is 18.0. The number of rotatable bonds is 4. The van der Waals surface area contributed by atoms with Crippen molar-refractivity contribution in [1.82, 2.24) is 15.0 Å². The number of hydrogen-bond donors (Lipinski definition) is 3. The zero-order chi connectivity index (χ0) is 22.5. The minimum absolute atomic E-state index is 0.250. The fraction of sp³-hybridized carbons (Fsp3) is 0.478. The van der Waals surface area contributed by atoms with Gasteiger partial charge in [-0.2, -0.15) is 4.98 Å². The number of aliphatic hydroxyl groups excluding tert-OH is 1. The average Bonchev–Trinajstić information content (AvgIpc) is 3.51. The molecule has 0 saturated carbocycles. The zero-order valence-corrected chi connectivity index (χ0v) is 18.7. The number of piperidine rings is 1. The maximum absolute atomic E-state index is 9.91. The van der Waals surface area contributed by atoms with E-state index < -0.39 is 6.10 Å². The minimum atomic E-state index is -0.624. The molecule has 174 valence electrons. The molecule has 3 aromatic rings. The van der Waals surface area contributed by atoms with E-state index in [1.54, 1.807) is 0 Å². The van der Waals surface area contributed by atoms with Gasteiger partial charge in [0, 0.05) is 30.4 Å². The van der Waals surface area contributed by atoms with Crippen LogP contribution in [0.25, 0.3) is 22.4 Å². The third-order valence-electron chi connectivity index (χ3n) is 6.70. The molecule has 0 aliphatic carbocycles. The van der Waals surface area contributed by atoms with Crippen molar-refractivity contribution in [3.8, 4) is 17.3 Å². The van der Waals surface area contributed by atoms with Gasteiger partial charge in [0.1, 0.15) is 18.3 Å². The number of aromatic amines is 1. The van der Waals surface area contributed by atoms with Crippen LogP contribution in [0.1, 0.15) is 12.8 Å². The monoisotopic (exact) mass is 471 g/mol. The number of fused-ring (bicyclic) bond motifs is 2. The molecular weight excluding hydrogens is 446 g/mol. The molecule has 0 spiro atoms. The molecule has 3 saturated heterocycles. The number of nitrogens with zero attached hydrogens (tertiary/aromatic N) is 3. The summed E-state index contributed by atoms with van der Waals surface area (Å²) >= 11 is 6.57. The number of anilines is 1. The van der Waals surface area contributed by atoms with Crippen LogP contribution in [0.15, 0.2) is 30.3 Å². The molecule has 33 heavy (non-hydrogen) atoms. The Labute approximate surface area is 195 Å². The Morgan fingerprint density at radius 3 is 2.64 bits per heavy atom. The second-order valence-corrected chi connectivity index (χ2v) is 9.33. The second kappa shape index (κ2) is 8.41. The van der Waals surface area contributed by atoms with Gasteiger partial charge in [0.25, 0.3) is 6.01 Å². The number of nitrogens with two attached hydrogens (primary N) is 1. The highest BCUT2D eigenvalue weighted by Gasteiger charge is 2.48. The van der Waals surface area contributed by atoms with E-state index >= 15 is 0 Å². The Morgan fingerprint density at radius 2 is 1.85 bits per heavy atom. The molecule has 3 aliphatic rings. The Morgan fingerprint density at radius 1 is 1.09 bits per heavy atom. The highest BCUT2D eigenvalue weighted by molar-refractivity contribution is 6.33. The summed E-state index contributed by atoms with van der Waals surface area (Å²) in [6.45, 7) is 2.52. The summed E-state index contributed by atoms with van der Waals surface area (Å²) in [6, 6.07) is 10.7. The molecule has 0 bridgehead atoms. The number of aromatic nitrogens is 3. The number of ether oxygens (including phenoxy) is 3. The molecule has 5 heterocycles. The second-order valence-electron chi connectivity index (χ2n) is 8.92. The van der Waals surface area contributed by atoms with Crippen molar-refractivity contribution in [2.45, 2.75) is 43.3 Å². The molecule has 9 nitrogen and oxygen atoms in total. The molecule has 3 aliphatic heterocycles. The largest absolute Gasteiger partial charge is 0.456 e. The smallest absolute Gasteiger partial charge is 0.296 e. The number of halogens is 1. The van der Waals surface area contributed by atoms with E-state index in [2.05, 4.69) is 32.0 Å². The van der Waals surface area contributed by atoms with Gasteiger partial charge in [0.2, 0.25) is 0 Å². The molecule has 6 rings (SSSR count). The van der Waals surface area contributed by atoms with Crippen molar-refractivity contribution in [3.05, 3.63) is 35.4 Å². The topological polar surface area (TPSA) is 119 Å². The Balaban J connectivity index is 1.21. The van der Waals surface area contributed by atoms with Crippen LogP contribution in [0.2, 0.25) is 5.02 Å². The summed E-state index contributed by atoms with van der Waals surface area (Å²) in [4.78, 5) is 14.6. The van der Waals surface area contributed by atoms with Crippen molar-refractivity contribution >= 4 is 28.5 Å². The number of aliphatic hydroxyl groups is 1. The molecule has 3 fully saturated rings. The molecule has 10 heteroatoms. The van der Waals surface area contributed by atoms with E-state index in [4.69, 9.17) is 31.5 Å². The molecule has 0 radical (unpaired) electrons. The summed E-state index contributed by atoms with van der Waals surface area (Å²) in [5, 5.41) is 10.4. The fourth-order valence-corrected chi connectivity index (χ4v) is 5.09. The maximum atomic E-state index is 9.91. The first-order chi connectivity index (χ1) is 16.0. The molecule has 2 aromatic heterocycles. The highest BCUT2D eigenvalue weighted by atomic mass is 35.5. The first-order valence-corrected chi connectivity index (χ1v) is 11.7. The van der Waals surface area contributed by atoms with Crippen LogP contribution < -0.4 is 15.4 Å². The first kappa shape index (κ1) is 21.1. The summed E-state index contributed by atoms with van der Waals surface area (Å²) in [7, 11) is 0. The quantitative estimate of drug-likeness (QED) is 0.529. The highest BCUT2D eigenvalue weighted by Crippen LogP contribution is 2.33. The maximum Gasteiger partial charge on any atom is 0.296 e. The van der Waals surface area contributed by atoms with Gasteiger partial charge in [-0.15, -0.1) is 0 Å². The summed E-state index contributed by atoms with van der Waals surface area (Å²) in [5.41, 5.74) is 9.99. The number of hydrogen-bond acceptors (Lipinski definition) is 8. The van der Waals surface area contributed by atoms with Crippen LogP contribution in [0.4, 0.5) is 5.69 Å². The van der Waals surface area contributed by atoms with Crippen LogP contribution >= 0.6 is 11.6 Å². The average molecular weight is 472 g/mol. The lowest BCUT2D eigenvalue weighted by molar-refractivity contribution is 0.00706. The van der Waals surface area contributed by atoms with Gasteiger partial charge in [0.05, 0.1) is 29.4 Å². The Hall–Kier alpha value is -2.43. The lowest BCUT2D eigenvalue weighted by Crippen LogP contribution is -2.39. The molecule has 0 unspecified atom stereocenters. The molecule has 4 N–H and O–H groups in total. The van der Waals surface area contributed by atoms with Crippen LogP contribution in [0, 0.1) is 0 Å². The van der Waals surface area contributed by atoms with E-state index in [-0.39, 0.29) is 24.9 Å². The number of H-pyrrole nitrogens is 1. The van der Waals surface area contributed by atoms with E-state index in [9.17, 15) is 5.11 Å². The number of imidazole rings is 1. The van der Waals surface area contributed by atoms with Crippen LogP contribution in [-0.2, 0) is 9.47 Å². The molecular formula is C23H26ClN5O4. The number of nitrogens with one attached hydrogen (secondary N) is 1. The van der Waals surface area contributed by atoms with Gasteiger partial charge >= 0.3 is 0 Å². The van der Waals surface area contributed by atoms with Crippen molar-refractivity contribution in [3.63, 3.8) is 0 Å². The van der Waals surface area contributed by atoms with Gasteiger partial charge in [-0.3, -0.25) is 0 Å². The van der Waals surface area contributed by atoms with E-state index in [1.807, 2.05) is 18.2 Å². The van der Waals surface area contributed by atoms with Gasteiger partial charge in [-0.05, 0) is 31.0 Å². The minimum Gasteiger partial charge on any atom is -0.456 e. The van der Waals surface area contributed by atoms with Gasteiger partial charge < -0.3 is 34.9 Å². The number of pyridine rings is 1. The fourth-order valence-electron chi connectivity index (χ4n) is 4.83. The van der Waals surface area contributed by atoms with Crippen molar-refractivity contribution in [1.29, 1.82) is 0 Å². The lowest BCUT2D eigenvalue weighted by atomic mass is 10.0. The van der Waals surface area contributed by atoms with Crippen LogP contribution in [-0.4, -0.2) is 76.8 Å². The number of benzene rings is 1. The van der Waals surface area contributed by atoms with Crippen molar-refractivity contribution < 1.29 is 19.3 Å². The van der Waals surface area contributed by atoms with Crippen LogP contribution in [0.3, 0.4) is 0 Å². The third kappa shape index (κ3) is 3.94.